The zero-order valence-corrected chi connectivity index (χ0v) is 7.72. The molecule has 8 heteroatoms. The molecule has 0 aliphatic heterocycles. The van der Waals surface area contributed by atoms with Crippen LogP contribution in [0.3, 0.4) is 0 Å². The van der Waals surface area contributed by atoms with E-state index < -0.39 is 34.1 Å². The van der Waals surface area contributed by atoms with Crippen molar-refractivity contribution in [2.45, 2.75) is 17.8 Å². The van der Waals surface area contributed by atoms with Gasteiger partial charge in [-0.3, -0.25) is 4.79 Å². The Balaban J connectivity index is 3.47. The molecule has 0 N–H and O–H groups in total. The van der Waals surface area contributed by atoms with Gasteiger partial charge in [0.2, 0.25) is 0 Å². The first-order valence-electron chi connectivity index (χ1n) is 3.10. The Labute approximate surface area is 81.9 Å². The summed E-state index contributed by atoms with van der Waals surface area (Å²) in [4.78, 5) is 9.97. The summed E-state index contributed by atoms with van der Waals surface area (Å²) in [5.74, 6) is -15.8. The summed E-state index contributed by atoms with van der Waals surface area (Å²) in [6, 6.07) is 0. The van der Waals surface area contributed by atoms with Gasteiger partial charge in [0.15, 0.2) is 6.29 Å². The van der Waals surface area contributed by atoms with Crippen molar-refractivity contribution in [2.75, 3.05) is 0 Å². The predicted octanol–water partition coefficient (Wildman–Crippen LogP) is 2.75. The molecule has 1 aliphatic rings. The smallest absolute Gasteiger partial charge is 0.298 e. The molecule has 0 saturated heterocycles. The molecule has 1 rings (SSSR count). The van der Waals surface area contributed by atoms with Crippen LogP contribution in [0.4, 0.5) is 26.3 Å². The largest absolute Gasteiger partial charge is 0.381 e. The Bertz CT molecular complexity index is 320. The molecule has 0 unspecified atom stereocenters. The van der Waals surface area contributed by atoms with Crippen LogP contribution < -0.4 is 0 Å². The average molecular weight is 283 g/mol. The van der Waals surface area contributed by atoms with Gasteiger partial charge < -0.3 is 0 Å². The van der Waals surface area contributed by atoms with E-state index in [9.17, 15) is 31.1 Å². The number of hydrogen-bond donors (Lipinski definition) is 0. The number of carbonyl (C=O) groups excluding carboxylic acids is 1. The molecule has 0 heterocycles. The van der Waals surface area contributed by atoms with Crippen LogP contribution in [-0.2, 0) is 4.79 Å². The maximum Gasteiger partial charge on any atom is 0.381 e. The zero-order valence-electron chi connectivity index (χ0n) is 6.13. The SMILES string of the molecule is O=CC1=C(Br)C(F)(F)C(F)(F)C1(F)F. The van der Waals surface area contributed by atoms with Crippen molar-refractivity contribution in [3.05, 3.63) is 10.1 Å². The van der Waals surface area contributed by atoms with Gasteiger partial charge in [-0.25, -0.2) is 0 Å². The first-order chi connectivity index (χ1) is 6.10. The fourth-order valence-corrected chi connectivity index (χ4v) is 1.53. The van der Waals surface area contributed by atoms with Crippen LogP contribution in [-0.4, -0.2) is 24.1 Å². The van der Waals surface area contributed by atoms with Gasteiger partial charge in [-0.15, -0.1) is 0 Å². The van der Waals surface area contributed by atoms with Crippen LogP contribution in [0.15, 0.2) is 10.1 Å². The molecule has 0 aromatic rings. The molecule has 0 atom stereocenters. The molecule has 0 spiro atoms. The first kappa shape index (κ1) is 11.5. The number of halogens is 7. The fourth-order valence-electron chi connectivity index (χ4n) is 0.937. The van der Waals surface area contributed by atoms with Gasteiger partial charge in [0.1, 0.15) is 0 Å². The molecule has 14 heavy (non-hydrogen) atoms. The van der Waals surface area contributed by atoms with Crippen molar-refractivity contribution < 1.29 is 31.1 Å². The van der Waals surface area contributed by atoms with E-state index in [0.717, 1.165) is 0 Å². The third kappa shape index (κ3) is 0.999. The van der Waals surface area contributed by atoms with Crippen molar-refractivity contribution in [1.82, 2.24) is 0 Å². The molecule has 0 saturated carbocycles. The van der Waals surface area contributed by atoms with Gasteiger partial charge in [0, 0.05) is 0 Å². The molecular formula is C6HBrF6O. The Kier molecular flexibility index (Phi) is 2.26. The third-order valence-corrected chi connectivity index (χ3v) is 2.68. The van der Waals surface area contributed by atoms with E-state index in [2.05, 4.69) is 0 Å². The quantitative estimate of drug-likeness (QED) is 0.534. The van der Waals surface area contributed by atoms with Crippen LogP contribution in [0.1, 0.15) is 0 Å². The van der Waals surface area contributed by atoms with Crippen LogP contribution in [0.5, 0.6) is 0 Å². The van der Waals surface area contributed by atoms with Crippen molar-refractivity contribution >= 4 is 22.2 Å². The lowest BCUT2D eigenvalue weighted by atomic mass is 10.1. The summed E-state index contributed by atoms with van der Waals surface area (Å²) in [5.41, 5.74) is -1.92. The lowest BCUT2D eigenvalue weighted by molar-refractivity contribution is -0.262. The summed E-state index contributed by atoms with van der Waals surface area (Å²) < 4.78 is 73.4. The van der Waals surface area contributed by atoms with Crippen molar-refractivity contribution in [3.8, 4) is 0 Å². The van der Waals surface area contributed by atoms with E-state index in [4.69, 9.17) is 0 Å². The van der Waals surface area contributed by atoms with Gasteiger partial charge in [-0.2, -0.15) is 26.3 Å². The first-order valence-corrected chi connectivity index (χ1v) is 3.89. The monoisotopic (exact) mass is 282 g/mol. The molecule has 0 bridgehead atoms. The maximum absolute atomic E-state index is 12.6. The number of aldehydes is 1. The average Bonchev–Trinajstić information content (AvgIpc) is 2.10. The Morgan fingerprint density at radius 2 is 1.43 bits per heavy atom. The predicted molar refractivity (Wildman–Crippen MR) is 36.9 cm³/mol. The lowest BCUT2D eigenvalue weighted by Crippen LogP contribution is -2.49. The third-order valence-electron chi connectivity index (χ3n) is 1.76. The minimum atomic E-state index is -5.59. The second-order valence-electron chi connectivity index (χ2n) is 2.57. The highest BCUT2D eigenvalue weighted by Crippen LogP contribution is 2.60. The van der Waals surface area contributed by atoms with Crippen molar-refractivity contribution in [3.63, 3.8) is 0 Å². The topological polar surface area (TPSA) is 17.1 Å². The highest BCUT2D eigenvalue weighted by Gasteiger charge is 2.79. The highest BCUT2D eigenvalue weighted by molar-refractivity contribution is 9.11. The number of allylic oxidation sites excluding steroid dienone is 2. The van der Waals surface area contributed by atoms with E-state index in [1.165, 1.54) is 0 Å². The van der Waals surface area contributed by atoms with E-state index >= 15 is 0 Å². The molecule has 0 fully saturated rings. The van der Waals surface area contributed by atoms with E-state index in [-0.39, 0.29) is 0 Å². The molecule has 1 nitrogen and oxygen atoms in total. The van der Waals surface area contributed by atoms with E-state index in [1.54, 1.807) is 0 Å². The lowest BCUT2D eigenvalue weighted by Gasteiger charge is -2.24. The molecule has 80 valence electrons. The van der Waals surface area contributed by atoms with Crippen LogP contribution in [0.2, 0.25) is 0 Å². The Morgan fingerprint density at radius 3 is 1.57 bits per heavy atom. The Hall–Kier alpha value is -0.530. The number of carbonyl (C=O) groups is 1. The summed E-state index contributed by atoms with van der Waals surface area (Å²) in [5, 5.41) is 0. The van der Waals surface area contributed by atoms with Crippen molar-refractivity contribution in [2.24, 2.45) is 0 Å². The minimum absolute atomic E-state index is 0.709. The number of alkyl halides is 6. The van der Waals surface area contributed by atoms with Crippen LogP contribution in [0.25, 0.3) is 0 Å². The summed E-state index contributed by atoms with van der Waals surface area (Å²) in [7, 11) is 0. The van der Waals surface area contributed by atoms with Crippen LogP contribution >= 0.6 is 15.9 Å². The van der Waals surface area contributed by atoms with E-state index in [1.807, 2.05) is 15.9 Å². The Morgan fingerprint density at radius 1 is 1.00 bits per heavy atom. The van der Waals surface area contributed by atoms with Gasteiger partial charge in [-0.1, -0.05) is 0 Å². The van der Waals surface area contributed by atoms with Crippen LogP contribution in [0, 0.1) is 0 Å². The maximum atomic E-state index is 12.6. The summed E-state index contributed by atoms with van der Waals surface area (Å²) in [6.45, 7) is 0. The van der Waals surface area contributed by atoms with Gasteiger partial charge >= 0.3 is 17.8 Å². The molecular weight excluding hydrogens is 282 g/mol. The molecule has 0 radical (unpaired) electrons. The van der Waals surface area contributed by atoms with Gasteiger partial charge in [-0.05, 0) is 15.9 Å². The summed E-state index contributed by atoms with van der Waals surface area (Å²) in [6.07, 6.45) is -0.709. The van der Waals surface area contributed by atoms with Gasteiger partial charge in [0.25, 0.3) is 0 Å². The minimum Gasteiger partial charge on any atom is -0.298 e. The molecule has 0 aromatic carbocycles. The van der Waals surface area contributed by atoms with Gasteiger partial charge in [0.05, 0.1) is 10.1 Å². The summed E-state index contributed by atoms with van der Waals surface area (Å²) >= 11 is 1.88. The van der Waals surface area contributed by atoms with E-state index in [0.29, 0.717) is 0 Å². The number of rotatable bonds is 1. The van der Waals surface area contributed by atoms with Crippen molar-refractivity contribution in [1.29, 1.82) is 0 Å². The molecule has 0 aromatic heterocycles. The highest BCUT2D eigenvalue weighted by atomic mass is 79.9. The standard InChI is InChI=1S/C6HBrF6O/c7-3-2(1-14)4(8,9)6(12,13)5(3,10)11/h1H. The zero-order chi connectivity index (χ0) is 11.4. The molecule has 0 amide bonds. The normalized spacial score (nSPS) is 27.9. The second kappa shape index (κ2) is 2.74. The number of hydrogen-bond acceptors (Lipinski definition) is 1. The molecule has 1 aliphatic carbocycles. The second-order valence-corrected chi connectivity index (χ2v) is 3.36. The fraction of sp³-hybridized carbons (Fsp3) is 0.500.